The fraction of sp³-hybridized carbons (Fsp3) is 0.400. The molecule has 146 valence electrons. The fourth-order valence-electron chi connectivity index (χ4n) is 2.94. The quantitative estimate of drug-likeness (QED) is 0.355. The number of hydrogen-bond donors (Lipinski definition) is 2. The zero-order chi connectivity index (χ0) is 18.2. The van der Waals surface area contributed by atoms with E-state index in [-0.39, 0.29) is 24.0 Å². The van der Waals surface area contributed by atoms with Gasteiger partial charge in [0.05, 0.1) is 6.54 Å². The molecule has 1 aliphatic heterocycles. The first-order valence-electron chi connectivity index (χ1n) is 9.21. The second-order valence-electron chi connectivity index (χ2n) is 6.39. The van der Waals surface area contributed by atoms with E-state index in [0.717, 1.165) is 47.6 Å². The summed E-state index contributed by atoms with van der Waals surface area (Å²) < 4.78 is 0. The van der Waals surface area contributed by atoms with Crippen LogP contribution in [0.15, 0.2) is 47.6 Å². The monoisotopic (exact) mass is 499 g/mol. The van der Waals surface area contributed by atoms with Crippen LogP contribution in [0, 0.1) is 0 Å². The van der Waals surface area contributed by atoms with E-state index in [1.54, 1.807) is 0 Å². The van der Waals surface area contributed by atoms with E-state index < -0.39 is 0 Å². The molecular weight excluding hydrogens is 473 g/mol. The Labute approximate surface area is 183 Å². The van der Waals surface area contributed by atoms with Gasteiger partial charge < -0.3 is 15.5 Å². The molecule has 1 aromatic heterocycles. The number of rotatable bonds is 6. The van der Waals surface area contributed by atoms with Crippen molar-refractivity contribution >= 4 is 47.4 Å². The van der Waals surface area contributed by atoms with Gasteiger partial charge >= 0.3 is 0 Å². The topological polar surface area (TPSA) is 52.6 Å². The molecule has 0 saturated carbocycles. The van der Waals surface area contributed by atoms with E-state index in [0.29, 0.717) is 13.1 Å². The molecule has 7 heteroatoms. The van der Waals surface area contributed by atoms with Gasteiger partial charge in [0.25, 0.3) is 0 Å². The summed E-state index contributed by atoms with van der Waals surface area (Å²) in [6.45, 7) is 6.41. The van der Waals surface area contributed by atoms with E-state index >= 15 is 0 Å². The number of nitrogens with zero attached hydrogens (tertiary/aromatic N) is 3. The van der Waals surface area contributed by atoms with Gasteiger partial charge in [0.1, 0.15) is 5.82 Å². The highest BCUT2D eigenvalue weighted by molar-refractivity contribution is 14.0. The standard InChI is InChI=1S/C20H26ClN5.HI/c1-2-22-20(24-13-16-5-8-18(21)9-6-16)25-15-17-7-10-19(23-14-17)26-11-3-4-12-26;/h5-10,14H,2-4,11-13,15H2,1H3,(H2,22,24,25);1H. The molecule has 2 heterocycles. The van der Waals surface area contributed by atoms with Gasteiger partial charge in [0.2, 0.25) is 0 Å². The summed E-state index contributed by atoms with van der Waals surface area (Å²) in [6, 6.07) is 12.0. The van der Waals surface area contributed by atoms with Crippen LogP contribution in [-0.2, 0) is 13.1 Å². The van der Waals surface area contributed by atoms with Crippen LogP contribution in [0.3, 0.4) is 0 Å². The first-order valence-corrected chi connectivity index (χ1v) is 9.59. The number of guanidine groups is 1. The Morgan fingerprint density at radius 3 is 2.41 bits per heavy atom. The van der Waals surface area contributed by atoms with E-state index in [1.165, 1.54) is 12.8 Å². The highest BCUT2D eigenvalue weighted by Crippen LogP contribution is 2.17. The van der Waals surface area contributed by atoms with Crippen molar-refractivity contribution in [1.29, 1.82) is 0 Å². The molecule has 27 heavy (non-hydrogen) atoms. The zero-order valence-corrected chi connectivity index (χ0v) is 18.7. The summed E-state index contributed by atoms with van der Waals surface area (Å²) in [5.74, 6) is 1.87. The summed E-state index contributed by atoms with van der Waals surface area (Å²) in [6.07, 6.45) is 4.46. The van der Waals surface area contributed by atoms with Crippen LogP contribution in [0.2, 0.25) is 5.02 Å². The highest BCUT2D eigenvalue weighted by atomic mass is 127. The Kier molecular flexibility index (Phi) is 9.14. The third-order valence-electron chi connectivity index (χ3n) is 4.38. The van der Waals surface area contributed by atoms with E-state index in [2.05, 4.69) is 44.6 Å². The maximum absolute atomic E-state index is 5.93. The van der Waals surface area contributed by atoms with Crippen LogP contribution in [0.1, 0.15) is 30.9 Å². The van der Waals surface area contributed by atoms with Crippen LogP contribution in [0.4, 0.5) is 5.82 Å². The predicted octanol–water partition coefficient (Wildman–Crippen LogP) is 4.21. The Bertz CT molecular complexity index is 712. The maximum atomic E-state index is 5.93. The van der Waals surface area contributed by atoms with Crippen molar-refractivity contribution in [3.05, 3.63) is 58.7 Å². The molecule has 2 N–H and O–H groups in total. The van der Waals surface area contributed by atoms with Gasteiger partial charge in [-0.15, -0.1) is 24.0 Å². The fourth-order valence-corrected chi connectivity index (χ4v) is 3.07. The van der Waals surface area contributed by atoms with Gasteiger partial charge in [-0.05, 0) is 49.1 Å². The number of anilines is 1. The third-order valence-corrected chi connectivity index (χ3v) is 4.63. The molecule has 0 aliphatic carbocycles. The van der Waals surface area contributed by atoms with Crippen molar-refractivity contribution in [1.82, 2.24) is 15.6 Å². The molecule has 1 aliphatic rings. The van der Waals surface area contributed by atoms with E-state index in [4.69, 9.17) is 11.6 Å². The largest absolute Gasteiger partial charge is 0.357 e. The number of nitrogens with one attached hydrogen (secondary N) is 2. The van der Waals surface area contributed by atoms with Gasteiger partial charge in [-0.3, -0.25) is 0 Å². The van der Waals surface area contributed by atoms with Crippen molar-refractivity contribution in [3.8, 4) is 0 Å². The summed E-state index contributed by atoms with van der Waals surface area (Å²) in [4.78, 5) is 11.6. The van der Waals surface area contributed by atoms with Crippen molar-refractivity contribution in [2.75, 3.05) is 24.5 Å². The molecule has 1 fully saturated rings. The summed E-state index contributed by atoms with van der Waals surface area (Å²) in [7, 11) is 0. The molecule has 1 saturated heterocycles. The molecule has 0 atom stereocenters. The molecule has 0 amide bonds. The zero-order valence-electron chi connectivity index (χ0n) is 15.6. The predicted molar refractivity (Wildman–Crippen MR) is 124 cm³/mol. The Morgan fingerprint density at radius 2 is 1.78 bits per heavy atom. The van der Waals surface area contributed by atoms with Crippen molar-refractivity contribution < 1.29 is 0 Å². The number of benzene rings is 1. The van der Waals surface area contributed by atoms with Crippen molar-refractivity contribution in [2.45, 2.75) is 32.9 Å². The molecule has 0 unspecified atom stereocenters. The minimum absolute atomic E-state index is 0. The first kappa shape index (κ1) is 21.8. The average molecular weight is 500 g/mol. The summed E-state index contributed by atoms with van der Waals surface area (Å²) in [5, 5.41) is 7.37. The third kappa shape index (κ3) is 6.84. The van der Waals surface area contributed by atoms with Crippen molar-refractivity contribution in [3.63, 3.8) is 0 Å². The number of hydrogen-bond acceptors (Lipinski definition) is 3. The average Bonchev–Trinajstić information content (AvgIpc) is 3.20. The highest BCUT2D eigenvalue weighted by Gasteiger charge is 2.12. The molecule has 0 bridgehead atoms. The van der Waals surface area contributed by atoms with Gasteiger partial charge in [-0.25, -0.2) is 9.98 Å². The minimum atomic E-state index is 0. The Morgan fingerprint density at radius 1 is 1.07 bits per heavy atom. The molecule has 1 aromatic carbocycles. The normalized spacial score (nSPS) is 14.0. The smallest absolute Gasteiger partial charge is 0.191 e. The van der Waals surface area contributed by atoms with Crippen LogP contribution in [-0.4, -0.2) is 30.6 Å². The van der Waals surface area contributed by atoms with E-state index in [9.17, 15) is 0 Å². The molecule has 5 nitrogen and oxygen atoms in total. The minimum Gasteiger partial charge on any atom is -0.357 e. The molecular formula is C20H27ClIN5. The lowest BCUT2D eigenvalue weighted by atomic mass is 10.2. The summed E-state index contributed by atoms with van der Waals surface area (Å²) >= 11 is 5.93. The number of halogens is 2. The first-order chi connectivity index (χ1) is 12.7. The molecule has 3 rings (SSSR count). The van der Waals surface area contributed by atoms with Gasteiger partial charge in [0, 0.05) is 37.4 Å². The second kappa shape index (κ2) is 11.3. The van der Waals surface area contributed by atoms with Crippen molar-refractivity contribution in [2.24, 2.45) is 4.99 Å². The molecule has 0 radical (unpaired) electrons. The van der Waals surface area contributed by atoms with Crippen LogP contribution in [0.25, 0.3) is 0 Å². The van der Waals surface area contributed by atoms with Gasteiger partial charge in [-0.1, -0.05) is 29.8 Å². The lowest BCUT2D eigenvalue weighted by Crippen LogP contribution is -2.36. The van der Waals surface area contributed by atoms with Crippen LogP contribution in [0.5, 0.6) is 0 Å². The number of pyridine rings is 1. The molecule has 0 spiro atoms. The SMILES string of the molecule is CCNC(=NCc1ccc(N2CCCC2)nc1)NCc1ccc(Cl)cc1.I. The number of aliphatic imine (C=N–C) groups is 1. The Hall–Kier alpha value is -1.54. The number of aromatic nitrogens is 1. The second-order valence-corrected chi connectivity index (χ2v) is 6.83. The lowest BCUT2D eigenvalue weighted by Gasteiger charge is -2.16. The van der Waals surface area contributed by atoms with Gasteiger partial charge in [0.15, 0.2) is 5.96 Å². The molecule has 2 aromatic rings. The summed E-state index contributed by atoms with van der Waals surface area (Å²) in [5.41, 5.74) is 2.27. The lowest BCUT2D eigenvalue weighted by molar-refractivity contribution is 0.815. The van der Waals surface area contributed by atoms with E-state index in [1.807, 2.05) is 30.5 Å². The van der Waals surface area contributed by atoms with Crippen LogP contribution >= 0.6 is 35.6 Å². The van der Waals surface area contributed by atoms with Crippen LogP contribution < -0.4 is 15.5 Å². The van der Waals surface area contributed by atoms with Gasteiger partial charge in [-0.2, -0.15) is 0 Å². The Balaban J connectivity index is 0.00000261. The maximum Gasteiger partial charge on any atom is 0.191 e.